The molecule has 0 aromatic heterocycles. The van der Waals surface area contributed by atoms with Crippen LogP contribution in [0.15, 0.2) is 24.3 Å². The van der Waals surface area contributed by atoms with Crippen molar-refractivity contribution in [2.24, 2.45) is 0 Å². The molecule has 1 atom stereocenters. The van der Waals surface area contributed by atoms with Gasteiger partial charge in [0.05, 0.1) is 19.1 Å². The zero-order chi connectivity index (χ0) is 9.68. The molecule has 0 bridgehead atoms. The number of para-hydroxylation sites is 1. The minimum absolute atomic E-state index is 0.0591. The molecule has 1 rings (SSSR count). The largest absolute Gasteiger partial charge is 0.496 e. The monoisotopic (exact) mass is 175 g/mol. The molecule has 1 aromatic rings. The van der Waals surface area contributed by atoms with Crippen LogP contribution in [-0.2, 0) is 0 Å². The molecule has 0 aliphatic rings. The first-order chi connectivity index (χ1) is 6.33. The van der Waals surface area contributed by atoms with E-state index >= 15 is 0 Å². The molecule has 0 fully saturated rings. The Balaban J connectivity index is 3.05. The van der Waals surface area contributed by atoms with Crippen LogP contribution in [0.3, 0.4) is 0 Å². The second-order valence-corrected chi connectivity index (χ2v) is 2.83. The Labute approximate surface area is 78.8 Å². The fraction of sp³-hybridized carbons (Fsp3) is 0.364. The van der Waals surface area contributed by atoms with Gasteiger partial charge < -0.3 is 4.74 Å². The zero-order valence-electron chi connectivity index (χ0n) is 7.95. The van der Waals surface area contributed by atoms with Gasteiger partial charge in [-0.1, -0.05) is 25.1 Å². The highest BCUT2D eigenvalue weighted by atomic mass is 16.5. The highest BCUT2D eigenvalue weighted by Crippen LogP contribution is 2.27. The van der Waals surface area contributed by atoms with Crippen molar-refractivity contribution >= 4 is 0 Å². The van der Waals surface area contributed by atoms with Crippen LogP contribution in [0, 0.1) is 11.3 Å². The minimum Gasteiger partial charge on any atom is -0.496 e. The Hall–Kier alpha value is -1.49. The quantitative estimate of drug-likeness (QED) is 0.707. The van der Waals surface area contributed by atoms with Gasteiger partial charge in [-0.2, -0.15) is 5.26 Å². The van der Waals surface area contributed by atoms with E-state index in [4.69, 9.17) is 10.00 Å². The Morgan fingerprint density at radius 2 is 2.15 bits per heavy atom. The van der Waals surface area contributed by atoms with Crippen LogP contribution >= 0.6 is 0 Å². The molecule has 0 heterocycles. The van der Waals surface area contributed by atoms with Gasteiger partial charge in [0, 0.05) is 5.56 Å². The topological polar surface area (TPSA) is 33.0 Å². The van der Waals surface area contributed by atoms with Crippen molar-refractivity contribution in [1.29, 1.82) is 5.26 Å². The van der Waals surface area contributed by atoms with E-state index in [0.29, 0.717) is 0 Å². The summed E-state index contributed by atoms with van der Waals surface area (Å²) in [6, 6.07) is 9.93. The standard InChI is InChI=1S/C11H13NO/c1-3-9(8-12)10-6-4-5-7-11(10)13-2/h4-7,9H,3H2,1-2H3. The van der Waals surface area contributed by atoms with E-state index in [2.05, 4.69) is 6.07 Å². The molecular weight excluding hydrogens is 162 g/mol. The average Bonchev–Trinajstić information content (AvgIpc) is 2.20. The molecule has 1 aromatic carbocycles. The van der Waals surface area contributed by atoms with Crippen LogP contribution in [0.1, 0.15) is 24.8 Å². The predicted octanol–water partition coefficient (Wildman–Crippen LogP) is 2.71. The van der Waals surface area contributed by atoms with E-state index in [9.17, 15) is 0 Å². The van der Waals surface area contributed by atoms with Gasteiger partial charge in [0.15, 0.2) is 0 Å². The summed E-state index contributed by atoms with van der Waals surface area (Å²) in [6.45, 7) is 2.00. The third kappa shape index (κ3) is 2.00. The zero-order valence-corrected chi connectivity index (χ0v) is 7.95. The second-order valence-electron chi connectivity index (χ2n) is 2.83. The first-order valence-corrected chi connectivity index (χ1v) is 4.36. The van der Waals surface area contributed by atoms with E-state index in [1.54, 1.807) is 7.11 Å². The van der Waals surface area contributed by atoms with Crippen molar-refractivity contribution in [1.82, 2.24) is 0 Å². The van der Waals surface area contributed by atoms with Gasteiger partial charge in [0.1, 0.15) is 5.75 Å². The molecule has 0 amide bonds. The van der Waals surface area contributed by atoms with Gasteiger partial charge in [-0.15, -0.1) is 0 Å². The summed E-state index contributed by atoms with van der Waals surface area (Å²) in [4.78, 5) is 0. The number of benzene rings is 1. The number of ether oxygens (including phenoxy) is 1. The molecule has 1 unspecified atom stereocenters. The SMILES string of the molecule is CCC(C#N)c1ccccc1OC. The molecule has 0 radical (unpaired) electrons. The average molecular weight is 175 g/mol. The van der Waals surface area contributed by atoms with E-state index in [0.717, 1.165) is 17.7 Å². The van der Waals surface area contributed by atoms with E-state index < -0.39 is 0 Å². The first kappa shape index (κ1) is 9.60. The number of hydrogen-bond acceptors (Lipinski definition) is 2. The minimum atomic E-state index is -0.0591. The van der Waals surface area contributed by atoms with Crippen molar-refractivity contribution in [2.45, 2.75) is 19.3 Å². The lowest BCUT2D eigenvalue weighted by Gasteiger charge is -2.10. The number of nitriles is 1. The third-order valence-corrected chi connectivity index (χ3v) is 2.08. The van der Waals surface area contributed by atoms with Gasteiger partial charge in [-0.3, -0.25) is 0 Å². The van der Waals surface area contributed by atoms with Crippen LogP contribution < -0.4 is 4.74 Å². The van der Waals surface area contributed by atoms with Gasteiger partial charge in [0.2, 0.25) is 0 Å². The Morgan fingerprint density at radius 1 is 1.46 bits per heavy atom. The molecule has 68 valence electrons. The van der Waals surface area contributed by atoms with E-state index in [1.807, 2.05) is 31.2 Å². The summed E-state index contributed by atoms with van der Waals surface area (Å²) in [7, 11) is 1.63. The number of nitrogens with zero attached hydrogens (tertiary/aromatic N) is 1. The highest BCUT2D eigenvalue weighted by molar-refractivity contribution is 5.38. The Kier molecular flexibility index (Phi) is 3.33. The molecule has 0 aliphatic carbocycles. The van der Waals surface area contributed by atoms with Crippen LogP contribution in [0.25, 0.3) is 0 Å². The predicted molar refractivity (Wildman–Crippen MR) is 51.6 cm³/mol. The summed E-state index contributed by atoms with van der Waals surface area (Å²) < 4.78 is 5.18. The molecular formula is C11H13NO. The molecule has 2 nitrogen and oxygen atoms in total. The summed E-state index contributed by atoms with van der Waals surface area (Å²) in [5.41, 5.74) is 0.981. The summed E-state index contributed by atoms with van der Waals surface area (Å²) in [5, 5.41) is 8.89. The van der Waals surface area contributed by atoms with E-state index in [1.165, 1.54) is 0 Å². The first-order valence-electron chi connectivity index (χ1n) is 4.36. The van der Waals surface area contributed by atoms with Crippen molar-refractivity contribution < 1.29 is 4.74 Å². The molecule has 0 N–H and O–H groups in total. The van der Waals surface area contributed by atoms with E-state index in [-0.39, 0.29) is 5.92 Å². The normalized spacial score (nSPS) is 11.8. The van der Waals surface area contributed by atoms with Crippen LogP contribution in [-0.4, -0.2) is 7.11 Å². The van der Waals surface area contributed by atoms with Crippen LogP contribution in [0.5, 0.6) is 5.75 Å². The summed E-state index contributed by atoms with van der Waals surface area (Å²) >= 11 is 0. The molecule has 13 heavy (non-hydrogen) atoms. The lowest BCUT2D eigenvalue weighted by Crippen LogP contribution is -1.97. The maximum Gasteiger partial charge on any atom is 0.123 e. The Bertz CT molecular complexity index is 314. The molecule has 0 saturated carbocycles. The number of rotatable bonds is 3. The van der Waals surface area contributed by atoms with Crippen LogP contribution in [0.2, 0.25) is 0 Å². The molecule has 2 heteroatoms. The van der Waals surface area contributed by atoms with Crippen LogP contribution in [0.4, 0.5) is 0 Å². The maximum atomic E-state index is 8.89. The van der Waals surface area contributed by atoms with Crippen molar-refractivity contribution in [3.05, 3.63) is 29.8 Å². The Morgan fingerprint density at radius 3 is 2.69 bits per heavy atom. The molecule has 0 aliphatic heterocycles. The van der Waals surface area contributed by atoms with Gasteiger partial charge in [-0.05, 0) is 12.5 Å². The summed E-state index contributed by atoms with van der Waals surface area (Å²) in [6.07, 6.45) is 0.816. The van der Waals surface area contributed by atoms with Gasteiger partial charge in [-0.25, -0.2) is 0 Å². The third-order valence-electron chi connectivity index (χ3n) is 2.08. The highest BCUT2D eigenvalue weighted by Gasteiger charge is 2.12. The molecule has 0 spiro atoms. The van der Waals surface area contributed by atoms with Crippen molar-refractivity contribution in [3.8, 4) is 11.8 Å². The maximum absolute atomic E-state index is 8.89. The lowest BCUT2D eigenvalue weighted by molar-refractivity contribution is 0.408. The van der Waals surface area contributed by atoms with Gasteiger partial charge >= 0.3 is 0 Å². The smallest absolute Gasteiger partial charge is 0.123 e. The fourth-order valence-corrected chi connectivity index (χ4v) is 1.34. The lowest BCUT2D eigenvalue weighted by atomic mass is 9.97. The fourth-order valence-electron chi connectivity index (χ4n) is 1.34. The van der Waals surface area contributed by atoms with Crippen molar-refractivity contribution in [2.75, 3.05) is 7.11 Å². The molecule has 0 saturated heterocycles. The van der Waals surface area contributed by atoms with Crippen molar-refractivity contribution in [3.63, 3.8) is 0 Å². The van der Waals surface area contributed by atoms with Gasteiger partial charge in [0.25, 0.3) is 0 Å². The number of methoxy groups -OCH3 is 1. The summed E-state index contributed by atoms with van der Waals surface area (Å²) in [5.74, 6) is 0.743. The number of hydrogen-bond donors (Lipinski definition) is 0. The second kappa shape index (κ2) is 4.51.